The molecular weight excluding hydrogens is 430 g/mol. The van der Waals surface area contributed by atoms with Crippen molar-refractivity contribution in [2.45, 2.75) is 6.92 Å². The molecule has 1 aliphatic rings. The Balaban J connectivity index is 1.32. The van der Waals surface area contributed by atoms with Crippen LogP contribution in [0, 0.1) is 6.92 Å². The van der Waals surface area contributed by atoms with Crippen molar-refractivity contribution in [2.24, 2.45) is 0 Å². The Hall–Kier alpha value is -3.10. The number of anilines is 1. The van der Waals surface area contributed by atoms with Crippen LogP contribution in [-0.2, 0) is 4.79 Å². The first-order valence-electron chi connectivity index (χ1n) is 9.71. The summed E-state index contributed by atoms with van der Waals surface area (Å²) < 4.78 is 5.86. The first-order chi connectivity index (χ1) is 15.0. The highest BCUT2D eigenvalue weighted by atomic mass is 32.2. The number of benzene rings is 2. The van der Waals surface area contributed by atoms with E-state index in [4.69, 9.17) is 9.72 Å². The van der Waals surface area contributed by atoms with Crippen molar-refractivity contribution >= 4 is 45.5 Å². The highest BCUT2D eigenvalue weighted by Crippen LogP contribution is 2.34. The van der Waals surface area contributed by atoms with E-state index in [0.29, 0.717) is 18.1 Å². The molecule has 31 heavy (non-hydrogen) atoms. The second-order valence-electron chi connectivity index (χ2n) is 6.97. The molecule has 1 saturated heterocycles. The average molecular weight is 452 g/mol. The molecule has 158 valence electrons. The molecule has 1 fully saturated rings. The predicted molar refractivity (Wildman–Crippen MR) is 127 cm³/mol. The van der Waals surface area contributed by atoms with Gasteiger partial charge in [-0.1, -0.05) is 53.8 Å². The van der Waals surface area contributed by atoms with E-state index in [0.717, 1.165) is 33.9 Å². The molecule has 0 aliphatic carbocycles. The van der Waals surface area contributed by atoms with E-state index >= 15 is 0 Å². The number of thioether (sulfide) groups is 1. The van der Waals surface area contributed by atoms with Crippen LogP contribution in [0.25, 0.3) is 16.5 Å². The van der Waals surface area contributed by atoms with Crippen LogP contribution >= 0.6 is 23.1 Å². The van der Waals surface area contributed by atoms with Crippen LogP contribution in [0.15, 0.2) is 59.5 Å². The Labute approximate surface area is 188 Å². The number of nitrogens with one attached hydrogen (secondary N) is 1. The summed E-state index contributed by atoms with van der Waals surface area (Å²) in [5.41, 5.74) is 3.05. The van der Waals surface area contributed by atoms with Crippen LogP contribution in [-0.4, -0.2) is 36.3 Å². The maximum atomic E-state index is 11.6. The molecule has 0 unspecified atom stereocenters. The quantitative estimate of drug-likeness (QED) is 0.512. The van der Waals surface area contributed by atoms with E-state index in [1.54, 1.807) is 17.4 Å². The molecule has 1 N–H and O–H groups in total. The van der Waals surface area contributed by atoms with Crippen LogP contribution in [0.2, 0.25) is 0 Å². The van der Waals surface area contributed by atoms with Gasteiger partial charge in [0, 0.05) is 7.05 Å². The third-order valence-corrected chi connectivity index (χ3v) is 6.79. The number of amides is 2. The molecule has 8 heteroatoms. The van der Waals surface area contributed by atoms with Crippen molar-refractivity contribution in [3.05, 3.63) is 70.8 Å². The molecule has 1 aliphatic heterocycles. The maximum Gasteiger partial charge on any atom is 0.290 e. The fraction of sp³-hybridized carbons (Fsp3) is 0.174. The van der Waals surface area contributed by atoms with Crippen molar-refractivity contribution in [3.63, 3.8) is 0 Å². The summed E-state index contributed by atoms with van der Waals surface area (Å²) >= 11 is 2.59. The molecule has 2 heterocycles. The number of rotatable bonds is 7. The van der Waals surface area contributed by atoms with Gasteiger partial charge in [-0.3, -0.25) is 14.9 Å². The van der Waals surface area contributed by atoms with E-state index in [1.165, 1.54) is 10.4 Å². The summed E-state index contributed by atoms with van der Waals surface area (Å²) in [4.78, 5) is 31.2. The number of hydrogen-bond donors (Lipinski definition) is 1. The second kappa shape index (κ2) is 9.36. The van der Waals surface area contributed by atoms with Crippen molar-refractivity contribution in [2.75, 3.05) is 25.1 Å². The van der Waals surface area contributed by atoms with Gasteiger partial charge < -0.3 is 9.64 Å². The normalized spacial score (nSPS) is 14.7. The summed E-state index contributed by atoms with van der Waals surface area (Å²) in [5.74, 6) is 0.390. The smallest absolute Gasteiger partial charge is 0.290 e. The molecule has 4 rings (SSSR count). The Morgan fingerprint density at radius 1 is 1.10 bits per heavy atom. The number of hydrogen-bond acceptors (Lipinski definition) is 7. The zero-order chi connectivity index (χ0) is 21.8. The van der Waals surface area contributed by atoms with Crippen LogP contribution in [0.5, 0.6) is 5.75 Å². The summed E-state index contributed by atoms with van der Waals surface area (Å²) in [6.07, 6.45) is 1.69. The number of aromatic nitrogens is 1. The van der Waals surface area contributed by atoms with E-state index in [1.807, 2.05) is 56.4 Å². The fourth-order valence-electron chi connectivity index (χ4n) is 3.03. The lowest BCUT2D eigenvalue weighted by molar-refractivity contribution is -0.115. The molecular formula is C23H21N3O3S2. The number of likely N-dealkylation sites (N-methyl/N-ethyl adjacent to an activating group) is 1. The van der Waals surface area contributed by atoms with E-state index in [-0.39, 0.29) is 11.1 Å². The standard InChI is InChI=1S/C23H21N3O3S2/c1-15-20(17-6-4-3-5-7-17)31-22(24-15)26(2)12-13-29-18-10-8-16(9-11-18)14-19-21(27)25-23(28)30-19/h3-11,14H,12-13H2,1-2H3,(H,25,27,28)/b19-14-. The Morgan fingerprint density at radius 3 is 2.52 bits per heavy atom. The fourth-order valence-corrected chi connectivity index (χ4v) is 4.77. The molecule has 2 amide bonds. The number of carbonyl (C=O) groups is 2. The molecule has 0 bridgehead atoms. The van der Waals surface area contributed by atoms with Gasteiger partial charge in [0.25, 0.3) is 11.1 Å². The first-order valence-corrected chi connectivity index (χ1v) is 11.3. The molecule has 0 atom stereocenters. The van der Waals surface area contributed by atoms with Crippen molar-refractivity contribution in [3.8, 4) is 16.2 Å². The number of nitrogens with zero attached hydrogens (tertiary/aromatic N) is 2. The van der Waals surface area contributed by atoms with Crippen LogP contribution in [0.1, 0.15) is 11.3 Å². The summed E-state index contributed by atoms with van der Waals surface area (Å²) in [6, 6.07) is 17.7. The highest BCUT2D eigenvalue weighted by molar-refractivity contribution is 8.18. The minimum Gasteiger partial charge on any atom is -0.492 e. The van der Waals surface area contributed by atoms with Gasteiger partial charge in [-0.15, -0.1) is 0 Å². The Bertz CT molecular complexity index is 1120. The molecule has 0 spiro atoms. The third kappa shape index (κ3) is 5.15. The molecule has 6 nitrogen and oxygen atoms in total. The van der Waals surface area contributed by atoms with Gasteiger partial charge in [0.2, 0.25) is 0 Å². The van der Waals surface area contributed by atoms with E-state index in [9.17, 15) is 9.59 Å². The molecule has 0 radical (unpaired) electrons. The molecule has 3 aromatic rings. The SMILES string of the molecule is Cc1nc(N(C)CCOc2ccc(/C=C3\SC(=O)NC3=O)cc2)sc1-c1ccccc1. The van der Waals surface area contributed by atoms with Crippen molar-refractivity contribution in [1.29, 1.82) is 0 Å². The number of ether oxygens (including phenoxy) is 1. The lowest BCUT2D eigenvalue weighted by Crippen LogP contribution is -2.23. The van der Waals surface area contributed by atoms with Gasteiger partial charge >= 0.3 is 0 Å². The van der Waals surface area contributed by atoms with Gasteiger partial charge in [0.1, 0.15) is 12.4 Å². The van der Waals surface area contributed by atoms with E-state index < -0.39 is 0 Å². The summed E-state index contributed by atoms with van der Waals surface area (Å²) in [6.45, 7) is 3.25. The van der Waals surface area contributed by atoms with Crippen LogP contribution < -0.4 is 15.0 Å². The Kier molecular flexibility index (Phi) is 6.39. The van der Waals surface area contributed by atoms with Gasteiger partial charge in [-0.05, 0) is 48.0 Å². The Morgan fingerprint density at radius 2 is 1.84 bits per heavy atom. The van der Waals surface area contributed by atoms with Crippen LogP contribution in [0.4, 0.5) is 9.93 Å². The topological polar surface area (TPSA) is 71.5 Å². The lowest BCUT2D eigenvalue weighted by atomic mass is 10.2. The number of imide groups is 1. The average Bonchev–Trinajstić information content (AvgIpc) is 3.31. The van der Waals surface area contributed by atoms with E-state index in [2.05, 4.69) is 22.3 Å². The summed E-state index contributed by atoms with van der Waals surface area (Å²) in [5, 5.41) is 2.87. The molecule has 2 aromatic carbocycles. The second-order valence-corrected chi connectivity index (χ2v) is 8.96. The van der Waals surface area contributed by atoms with Gasteiger partial charge in [0.05, 0.1) is 22.0 Å². The van der Waals surface area contributed by atoms with Gasteiger partial charge in [0.15, 0.2) is 5.13 Å². The largest absolute Gasteiger partial charge is 0.492 e. The minimum atomic E-state index is -0.355. The summed E-state index contributed by atoms with van der Waals surface area (Å²) in [7, 11) is 2.01. The zero-order valence-corrected chi connectivity index (χ0v) is 18.8. The zero-order valence-electron chi connectivity index (χ0n) is 17.1. The van der Waals surface area contributed by atoms with Crippen molar-refractivity contribution < 1.29 is 14.3 Å². The monoisotopic (exact) mass is 451 g/mol. The van der Waals surface area contributed by atoms with Crippen LogP contribution in [0.3, 0.4) is 0 Å². The lowest BCUT2D eigenvalue weighted by Gasteiger charge is -2.16. The first kappa shape index (κ1) is 21.1. The number of thiazole rings is 1. The number of carbonyl (C=O) groups excluding carboxylic acids is 2. The molecule has 1 aromatic heterocycles. The predicted octanol–water partition coefficient (Wildman–Crippen LogP) is 4.96. The van der Waals surface area contributed by atoms with Gasteiger partial charge in [-0.25, -0.2) is 4.98 Å². The maximum absolute atomic E-state index is 11.6. The highest BCUT2D eigenvalue weighted by Gasteiger charge is 2.24. The number of aryl methyl sites for hydroxylation is 1. The van der Waals surface area contributed by atoms with Crippen molar-refractivity contribution in [1.82, 2.24) is 10.3 Å². The molecule has 0 saturated carbocycles. The minimum absolute atomic E-state index is 0.341. The third-order valence-electron chi connectivity index (χ3n) is 4.66. The van der Waals surface area contributed by atoms with Gasteiger partial charge in [-0.2, -0.15) is 0 Å².